The van der Waals surface area contributed by atoms with Gasteiger partial charge in [0.2, 0.25) is 5.91 Å². The van der Waals surface area contributed by atoms with Crippen LogP contribution in [0.5, 0.6) is 0 Å². The summed E-state index contributed by atoms with van der Waals surface area (Å²) >= 11 is 5.70. The lowest BCUT2D eigenvalue weighted by atomic mass is 10.1. The average molecular weight is 239 g/mol. The molecule has 1 heterocycles. The van der Waals surface area contributed by atoms with E-state index in [0.29, 0.717) is 12.4 Å². The van der Waals surface area contributed by atoms with Gasteiger partial charge in [0.25, 0.3) is 0 Å². The molecule has 16 heavy (non-hydrogen) atoms. The summed E-state index contributed by atoms with van der Waals surface area (Å²) in [6.45, 7) is 0.934. The van der Waals surface area contributed by atoms with E-state index in [-0.39, 0.29) is 5.91 Å². The van der Waals surface area contributed by atoms with Crippen molar-refractivity contribution < 1.29 is 4.79 Å². The summed E-state index contributed by atoms with van der Waals surface area (Å²) in [4.78, 5) is 13.2. The highest BCUT2D eigenvalue weighted by atomic mass is 35.5. The van der Waals surface area contributed by atoms with Crippen molar-refractivity contribution in [2.45, 2.75) is 12.8 Å². The van der Waals surface area contributed by atoms with Gasteiger partial charge >= 0.3 is 0 Å². The quantitative estimate of drug-likeness (QED) is 0.642. The molecule has 0 radical (unpaired) electrons. The van der Waals surface area contributed by atoms with Gasteiger partial charge in [-0.15, -0.1) is 11.6 Å². The van der Waals surface area contributed by atoms with Crippen molar-refractivity contribution in [3.05, 3.63) is 29.3 Å². The minimum Gasteiger partial charge on any atom is -0.326 e. The Morgan fingerprint density at radius 3 is 3.06 bits per heavy atom. The number of nitrogens with one attached hydrogen (secondary N) is 1. The van der Waals surface area contributed by atoms with Gasteiger partial charge in [0.15, 0.2) is 0 Å². The molecule has 0 atom stereocenters. The van der Waals surface area contributed by atoms with E-state index >= 15 is 0 Å². The monoisotopic (exact) mass is 238 g/mol. The van der Waals surface area contributed by atoms with Gasteiger partial charge in [-0.3, -0.25) is 9.69 Å². The van der Waals surface area contributed by atoms with E-state index < -0.39 is 0 Å². The number of anilines is 1. The van der Waals surface area contributed by atoms with Crippen molar-refractivity contribution in [3.8, 4) is 0 Å². The first kappa shape index (κ1) is 11.4. The van der Waals surface area contributed by atoms with Gasteiger partial charge in [0.1, 0.15) is 0 Å². The Labute approximate surface area is 100 Å². The first-order chi connectivity index (χ1) is 7.69. The smallest absolute Gasteiger partial charge is 0.228 e. The van der Waals surface area contributed by atoms with E-state index in [1.54, 1.807) is 0 Å². The third kappa shape index (κ3) is 2.54. The van der Waals surface area contributed by atoms with Gasteiger partial charge in [-0.05, 0) is 30.7 Å². The van der Waals surface area contributed by atoms with Gasteiger partial charge in [-0.1, -0.05) is 12.1 Å². The predicted molar refractivity (Wildman–Crippen MR) is 65.8 cm³/mol. The topological polar surface area (TPSA) is 32.3 Å². The lowest BCUT2D eigenvalue weighted by Gasteiger charge is -2.12. The first-order valence-electron chi connectivity index (χ1n) is 5.35. The molecule has 1 amide bonds. The molecule has 0 saturated heterocycles. The van der Waals surface area contributed by atoms with Gasteiger partial charge in [0, 0.05) is 12.2 Å². The normalized spacial score (nSPS) is 14.1. The standard InChI is InChI=1S/C12H15ClN2O/c1-15(8-13)5-4-9-2-3-11-10(6-9)7-12(16)14-11/h2-3,6H,4-5,7-8H2,1H3,(H,14,16). The molecular formula is C12H15ClN2O. The Hall–Kier alpha value is -1.06. The number of likely N-dealkylation sites (N-methyl/N-ethyl adjacent to an activating group) is 1. The van der Waals surface area contributed by atoms with Gasteiger partial charge < -0.3 is 5.32 Å². The molecule has 0 unspecified atom stereocenters. The number of hydrogen-bond donors (Lipinski definition) is 1. The summed E-state index contributed by atoms with van der Waals surface area (Å²) in [5.41, 5.74) is 3.32. The summed E-state index contributed by atoms with van der Waals surface area (Å²) in [6, 6.07) is 6.70. The van der Waals surface area contributed by atoms with Gasteiger partial charge in [-0.25, -0.2) is 0 Å². The third-order valence-electron chi connectivity index (χ3n) is 2.78. The molecule has 0 spiro atoms. The van der Waals surface area contributed by atoms with Crippen molar-refractivity contribution in [1.29, 1.82) is 0 Å². The number of carbonyl (C=O) groups is 1. The highest BCUT2D eigenvalue weighted by molar-refractivity contribution is 6.17. The molecule has 0 aromatic heterocycles. The fourth-order valence-corrected chi connectivity index (χ4v) is 1.94. The van der Waals surface area contributed by atoms with Crippen LogP contribution in [0.15, 0.2) is 18.2 Å². The third-order valence-corrected chi connectivity index (χ3v) is 3.19. The molecule has 0 saturated carbocycles. The van der Waals surface area contributed by atoms with Crippen molar-refractivity contribution in [2.75, 3.05) is 24.9 Å². The number of amides is 1. The van der Waals surface area contributed by atoms with Crippen LogP contribution in [-0.4, -0.2) is 30.4 Å². The fourth-order valence-electron chi connectivity index (χ4n) is 1.82. The van der Waals surface area contributed by atoms with Crippen molar-refractivity contribution in [3.63, 3.8) is 0 Å². The van der Waals surface area contributed by atoms with E-state index in [2.05, 4.69) is 22.3 Å². The Balaban J connectivity index is 2.02. The second-order valence-corrected chi connectivity index (χ2v) is 4.40. The van der Waals surface area contributed by atoms with Crippen LogP contribution in [0.25, 0.3) is 0 Å². The predicted octanol–water partition coefficient (Wildman–Crippen LogP) is 1.85. The second-order valence-electron chi connectivity index (χ2n) is 4.17. The van der Waals surface area contributed by atoms with Crippen LogP contribution in [0.3, 0.4) is 0 Å². The van der Waals surface area contributed by atoms with Crippen LogP contribution in [0.4, 0.5) is 5.69 Å². The number of fused-ring (bicyclic) bond motifs is 1. The SMILES string of the molecule is CN(CCl)CCc1ccc2c(c1)CC(=O)N2. The Bertz CT molecular complexity index is 406. The van der Waals surface area contributed by atoms with Crippen LogP contribution in [0.2, 0.25) is 0 Å². The second kappa shape index (κ2) is 4.85. The van der Waals surface area contributed by atoms with Crippen molar-refractivity contribution >= 4 is 23.2 Å². The number of benzene rings is 1. The van der Waals surface area contributed by atoms with Gasteiger partial charge in [0.05, 0.1) is 12.4 Å². The maximum absolute atomic E-state index is 11.2. The van der Waals surface area contributed by atoms with Crippen LogP contribution in [-0.2, 0) is 17.6 Å². The summed E-state index contributed by atoms with van der Waals surface area (Å²) in [5.74, 6) is 0.0880. The zero-order valence-electron chi connectivity index (χ0n) is 9.29. The summed E-state index contributed by atoms with van der Waals surface area (Å²) in [6.07, 6.45) is 1.47. The summed E-state index contributed by atoms with van der Waals surface area (Å²) in [7, 11) is 1.99. The molecule has 2 rings (SSSR count). The van der Waals surface area contributed by atoms with E-state index in [4.69, 9.17) is 11.6 Å². The molecule has 3 nitrogen and oxygen atoms in total. The molecule has 1 N–H and O–H groups in total. The van der Waals surface area contributed by atoms with Crippen LogP contribution in [0.1, 0.15) is 11.1 Å². The van der Waals surface area contributed by atoms with E-state index in [1.807, 2.05) is 13.1 Å². The number of halogens is 1. The molecule has 1 aliphatic rings. The Morgan fingerprint density at radius 1 is 1.50 bits per heavy atom. The number of alkyl halides is 1. The lowest BCUT2D eigenvalue weighted by molar-refractivity contribution is -0.115. The molecule has 0 bridgehead atoms. The molecule has 4 heteroatoms. The largest absolute Gasteiger partial charge is 0.326 e. The minimum atomic E-state index is 0.0880. The Morgan fingerprint density at radius 2 is 2.31 bits per heavy atom. The molecule has 86 valence electrons. The zero-order valence-corrected chi connectivity index (χ0v) is 10.0. The van der Waals surface area contributed by atoms with Gasteiger partial charge in [-0.2, -0.15) is 0 Å². The number of hydrogen-bond acceptors (Lipinski definition) is 2. The highest BCUT2D eigenvalue weighted by Gasteiger charge is 2.17. The number of nitrogens with zero attached hydrogens (tertiary/aromatic N) is 1. The first-order valence-corrected chi connectivity index (χ1v) is 5.88. The maximum atomic E-state index is 11.2. The average Bonchev–Trinajstić information content (AvgIpc) is 2.65. The number of carbonyl (C=O) groups excluding carboxylic acids is 1. The Kier molecular flexibility index (Phi) is 3.46. The summed E-state index contributed by atoms with van der Waals surface area (Å²) in [5, 5.41) is 2.83. The summed E-state index contributed by atoms with van der Waals surface area (Å²) < 4.78 is 0. The lowest BCUT2D eigenvalue weighted by Crippen LogP contribution is -2.19. The van der Waals surface area contributed by atoms with E-state index in [0.717, 1.165) is 24.2 Å². The molecule has 1 aliphatic heterocycles. The van der Waals surface area contributed by atoms with Crippen LogP contribution < -0.4 is 5.32 Å². The van der Waals surface area contributed by atoms with Crippen molar-refractivity contribution in [2.24, 2.45) is 0 Å². The molecule has 1 aromatic rings. The molecule has 0 aliphatic carbocycles. The van der Waals surface area contributed by atoms with E-state index in [9.17, 15) is 4.79 Å². The zero-order chi connectivity index (χ0) is 11.5. The van der Waals surface area contributed by atoms with Crippen molar-refractivity contribution in [1.82, 2.24) is 4.90 Å². The molecule has 0 fully saturated rings. The molecular weight excluding hydrogens is 224 g/mol. The minimum absolute atomic E-state index is 0.0880. The van der Waals surface area contributed by atoms with Crippen LogP contribution in [0, 0.1) is 0 Å². The number of rotatable bonds is 4. The fraction of sp³-hybridized carbons (Fsp3) is 0.417. The maximum Gasteiger partial charge on any atom is 0.228 e. The van der Waals surface area contributed by atoms with E-state index in [1.165, 1.54) is 5.56 Å². The molecule has 1 aromatic carbocycles. The highest BCUT2D eigenvalue weighted by Crippen LogP contribution is 2.23. The van der Waals surface area contributed by atoms with Crippen LogP contribution >= 0.6 is 11.6 Å².